The van der Waals surface area contributed by atoms with E-state index in [1.165, 1.54) is 6.08 Å². The van der Waals surface area contributed by atoms with Gasteiger partial charge in [0.15, 0.2) is 0 Å². The monoisotopic (exact) mass is 581 g/mol. The van der Waals surface area contributed by atoms with Crippen LogP contribution in [0, 0.1) is 61.3 Å². The van der Waals surface area contributed by atoms with Crippen molar-refractivity contribution in [2.45, 2.75) is 48.5 Å². The number of rotatable bonds is 5. The van der Waals surface area contributed by atoms with Gasteiger partial charge in [-0.25, -0.2) is 0 Å². The SMILES string of the molecule is CC.[CH-]=CC=[C-]C[N+]([O-])(CC)CC(C)(C)C.[CH2-]C.[U].[Y]. The van der Waals surface area contributed by atoms with E-state index < -0.39 is 0 Å². The summed E-state index contributed by atoms with van der Waals surface area (Å²) in [4.78, 5) is 0. The molecule has 0 aromatic carbocycles. The van der Waals surface area contributed by atoms with E-state index in [4.69, 9.17) is 6.58 Å². The van der Waals surface area contributed by atoms with E-state index in [0.717, 1.165) is 0 Å². The van der Waals surface area contributed by atoms with Gasteiger partial charge in [0.2, 0.25) is 0 Å². The van der Waals surface area contributed by atoms with Crippen molar-refractivity contribution < 1.29 is 68.5 Å². The van der Waals surface area contributed by atoms with Crippen LogP contribution in [0.2, 0.25) is 0 Å². The maximum atomic E-state index is 12.2. The Morgan fingerprint density at radius 1 is 1.25 bits per heavy atom. The van der Waals surface area contributed by atoms with Crippen molar-refractivity contribution >= 4 is 0 Å². The Bertz CT molecular complexity index is 215. The number of hydroxylamine groups is 3. The average Bonchev–Trinajstić information content (AvgIpc) is 2.32. The van der Waals surface area contributed by atoms with E-state index in [9.17, 15) is 5.21 Å². The second-order valence-corrected chi connectivity index (χ2v) is 4.81. The summed E-state index contributed by atoms with van der Waals surface area (Å²) in [6.07, 6.45) is 5.90. The molecular formula is C16H32NOUY-3. The van der Waals surface area contributed by atoms with Crippen molar-refractivity contribution in [2.24, 2.45) is 5.41 Å². The molecule has 0 aromatic heterocycles. The summed E-state index contributed by atoms with van der Waals surface area (Å²) >= 11 is 0. The normalized spacial score (nSPS) is 12.4. The molecule has 20 heavy (non-hydrogen) atoms. The first-order valence-electron chi connectivity index (χ1n) is 6.71. The third kappa shape index (κ3) is 24.6. The third-order valence-electron chi connectivity index (χ3n) is 1.93. The van der Waals surface area contributed by atoms with Crippen LogP contribution in [0.4, 0.5) is 0 Å². The summed E-state index contributed by atoms with van der Waals surface area (Å²) in [6, 6.07) is 0. The number of nitrogens with zero attached hydrogens (tertiary/aromatic N) is 1. The smallest absolute Gasteiger partial charge is 0.0823 e. The third-order valence-corrected chi connectivity index (χ3v) is 1.93. The Labute approximate surface area is 177 Å². The van der Waals surface area contributed by atoms with Gasteiger partial charge in [-0.05, 0) is 6.92 Å². The zero-order valence-corrected chi connectivity index (χ0v) is 21.5. The topological polar surface area (TPSA) is 23.1 Å². The maximum Gasteiger partial charge on any atom is 0.0823 e. The minimum absolute atomic E-state index is 0. The molecule has 0 heterocycles. The molecule has 0 amide bonds. The Morgan fingerprint density at radius 3 is 1.90 bits per heavy atom. The fourth-order valence-corrected chi connectivity index (χ4v) is 1.43. The summed E-state index contributed by atoms with van der Waals surface area (Å²) in [7, 11) is 0. The van der Waals surface area contributed by atoms with Gasteiger partial charge in [-0.1, -0.05) is 34.6 Å². The van der Waals surface area contributed by atoms with Gasteiger partial charge >= 0.3 is 0 Å². The number of likely N-dealkylation sites (N-methyl/N-ethyl adjacent to an activating group) is 1. The maximum absolute atomic E-state index is 12.2. The first kappa shape index (κ1) is 33.2. The summed E-state index contributed by atoms with van der Waals surface area (Å²) in [5.74, 6) is 0. The molecule has 0 aliphatic carbocycles. The van der Waals surface area contributed by atoms with Crippen LogP contribution in [0.3, 0.4) is 0 Å². The quantitative estimate of drug-likeness (QED) is 0.202. The van der Waals surface area contributed by atoms with Crippen LogP contribution in [0.5, 0.6) is 0 Å². The molecule has 2 nitrogen and oxygen atoms in total. The predicted molar refractivity (Wildman–Crippen MR) is 82.4 cm³/mol. The Kier molecular flexibility index (Phi) is 34.2. The molecule has 0 saturated carbocycles. The van der Waals surface area contributed by atoms with Crippen molar-refractivity contribution in [1.82, 2.24) is 0 Å². The number of allylic oxidation sites excluding steroid dienone is 2. The van der Waals surface area contributed by atoms with Crippen molar-refractivity contribution in [3.05, 3.63) is 36.9 Å². The van der Waals surface area contributed by atoms with Crippen LogP contribution in [0.1, 0.15) is 48.5 Å². The zero-order chi connectivity index (χ0) is 15.2. The van der Waals surface area contributed by atoms with E-state index in [1.54, 1.807) is 13.0 Å². The molecule has 1 unspecified atom stereocenters. The molecule has 117 valence electrons. The van der Waals surface area contributed by atoms with E-state index >= 15 is 0 Å². The second-order valence-electron chi connectivity index (χ2n) is 4.81. The van der Waals surface area contributed by atoms with E-state index in [2.05, 4.69) is 33.8 Å². The van der Waals surface area contributed by atoms with Crippen LogP contribution >= 0.6 is 0 Å². The van der Waals surface area contributed by atoms with Crippen molar-refractivity contribution in [3.8, 4) is 0 Å². The number of hydrogen-bond acceptors (Lipinski definition) is 1. The van der Waals surface area contributed by atoms with Gasteiger partial charge in [0.05, 0.1) is 13.1 Å². The summed E-state index contributed by atoms with van der Waals surface area (Å²) in [5, 5.41) is 12.2. The van der Waals surface area contributed by atoms with Crippen LogP contribution < -0.4 is 0 Å². The van der Waals surface area contributed by atoms with Crippen LogP contribution in [0.25, 0.3) is 0 Å². The minimum Gasteiger partial charge on any atom is -0.634 e. The molecule has 0 aromatic rings. The summed E-state index contributed by atoms with van der Waals surface area (Å²) < 4.78 is -0.228. The molecule has 0 rings (SSSR count). The molecule has 0 bridgehead atoms. The van der Waals surface area contributed by atoms with E-state index in [1.807, 2.05) is 20.8 Å². The summed E-state index contributed by atoms with van der Waals surface area (Å²) in [5.41, 5.74) is 0.0475. The fourth-order valence-electron chi connectivity index (χ4n) is 1.43. The molecule has 0 aliphatic heterocycles. The Morgan fingerprint density at radius 2 is 1.65 bits per heavy atom. The summed E-state index contributed by atoms with van der Waals surface area (Å²) in [6.45, 7) is 23.9. The number of hydrogen-bond donors (Lipinski definition) is 0. The van der Waals surface area contributed by atoms with Gasteiger partial charge in [0, 0.05) is 75.8 Å². The minimum atomic E-state index is -0.228. The molecule has 0 saturated heterocycles. The molecule has 0 N–H and O–H groups in total. The first-order valence-corrected chi connectivity index (χ1v) is 6.71. The Hall–Kier alpha value is 1.56. The van der Waals surface area contributed by atoms with Gasteiger partial charge in [0.25, 0.3) is 0 Å². The van der Waals surface area contributed by atoms with Crippen LogP contribution in [0.15, 0.2) is 12.2 Å². The molecule has 0 spiro atoms. The molecule has 1 atom stereocenters. The van der Waals surface area contributed by atoms with Crippen LogP contribution in [-0.2, 0) is 32.7 Å². The zero-order valence-electron chi connectivity index (χ0n) is 14.5. The van der Waals surface area contributed by atoms with E-state index in [-0.39, 0.29) is 73.9 Å². The first-order chi connectivity index (χ1) is 8.33. The predicted octanol–water partition coefficient (Wildman–Crippen LogP) is 4.58. The van der Waals surface area contributed by atoms with Crippen LogP contribution in [-0.4, -0.2) is 24.3 Å². The Balaban J connectivity index is -0.000000114. The standard InChI is InChI=1S/C12H21NO.C2H6.C2H5.U.Y/c1-6-8-9-10-13(14,7-2)11-12(3,4)5;2*1-2;;/h1,6,8H,7,10-11H2,2-5H3;1-2H3;1H2,2H3;;/q-2;;-1;;. The second kappa shape index (κ2) is 20.6. The molecule has 0 fully saturated rings. The van der Waals surface area contributed by atoms with Gasteiger partial charge in [-0.15, -0.1) is 0 Å². The van der Waals surface area contributed by atoms with Crippen molar-refractivity contribution in [1.29, 1.82) is 0 Å². The fraction of sp³-hybridized carbons (Fsp3) is 0.688. The van der Waals surface area contributed by atoms with Gasteiger partial charge in [-0.2, -0.15) is 6.92 Å². The molecule has 1 radical (unpaired) electrons. The van der Waals surface area contributed by atoms with Gasteiger partial charge < -0.3 is 41.6 Å². The molecular weight excluding hydrogens is 549 g/mol. The van der Waals surface area contributed by atoms with Gasteiger partial charge in [-0.3, -0.25) is 0 Å². The van der Waals surface area contributed by atoms with Crippen molar-refractivity contribution in [3.63, 3.8) is 0 Å². The van der Waals surface area contributed by atoms with Gasteiger partial charge in [0.1, 0.15) is 0 Å². The molecule has 0 aliphatic rings. The average molecular weight is 581 g/mol. The van der Waals surface area contributed by atoms with Crippen molar-refractivity contribution in [2.75, 3.05) is 19.6 Å². The largest absolute Gasteiger partial charge is 0.634 e. The van der Waals surface area contributed by atoms with E-state index in [0.29, 0.717) is 19.6 Å². The number of quaternary nitrogens is 1. The molecule has 4 heteroatoms.